The summed E-state index contributed by atoms with van der Waals surface area (Å²) < 4.78 is 2.30. The molecule has 0 spiro atoms. The summed E-state index contributed by atoms with van der Waals surface area (Å²) in [6.45, 7) is 14.4. The van der Waals surface area contributed by atoms with Crippen LogP contribution in [0, 0.1) is 5.41 Å². The zero-order valence-corrected chi connectivity index (χ0v) is 10.4. The Bertz CT molecular complexity index is 344. The van der Waals surface area contributed by atoms with Crippen molar-refractivity contribution in [2.45, 2.75) is 32.7 Å². The summed E-state index contributed by atoms with van der Waals surface area (Å²) in [7, 11) is 2.14. The Morgan fingerprint density at radius 3 is 2.27 bits per heavy atom. The van der Waals surface area contributed by atoms with E-state index >= 15 is 0 Å². The van der Waals surface area contributed by atoms with Crippen molar-refractivity contribution in [3.05, 3.63) is 37.0 Å². The first-order chi connectivity index (χ1) is 6.85. The van der Waals surface area contributed by atoms with Gasteiger partial charge in [-0.1, -0.05) is 31.4 Å². The molecule has 0 radical (unpaired) electrons. The summed E-state index contributed by atoms with van der Waals surface area (Å²) in [6, 6.07) is 0. The third kappa shape index (κ3) is 2.11. The molecule has 0 aromatic rings. The average molecular weight is 204 g/mol. The van der Waals surface area contributed by atoms with Crippen molar-refractivity contribution in [2.24, 2.45) is 5.41 Å². The van der Waals surface area contributed by atoms with Crippen molar-refractivity contribution in [2.75, 3.05) is 7.05 Å². The Kier molecular flexibility index (Phi) is 3.03. The average Bonchev–Trinajstić information content (AvgIpc) is 2.32. The predicted molar refractivity (Wildman–Crippen MR) is 67.5 cm³/mol. The zero-order valence-electron chi connectivity index (χ0n) is 10.4. The summed E-state index contributed by atoms with van der Waals surface area (Å²) in [4.78, 5) is 0. The Morgan fingerprint density at radius 1 is 1.33 bits per heavy atom. The molecule has 1 rings (SSSR count). The number of hydrogen-bond donors (Lipinski definition) is 0. The molecule has 0 fully saturated rings. The summed E-state index contributed by atoms with van der Waals surface area (Å²) in [5.41, 5.74) is 1.56. The molecule has 0 N–H and O–H groups in total. The van der Waals surface area contributed by atoms with Crippen LogP contribution in [0.1, 0.15) is 27.2 Å². The van der Waals surface area contributed by atoms with Crippen LogP contribution in [-0.4, -0.2) is 23.4 Å². The quantitative estimate of drug-likeness (QED) is 0.490. The summed E-state index contributed by atoms with van der Waals surface area (Å²) in [5, 5.41) is 0. The second kappa shape index (κ2) is 3.80. The summed E-state index contributed by atoms with van der Waals surface area (Å²) >= 11 is 0. The first kappa shape index (κ1) is 12.0. The molecular formula is C14H22N+. The Morgan fingerprint density at radius 2 is 1.93 bits per heavy atom. The molecule has 82 valence electrons. The standard InChI is InChI=1S/C14H22N/c1-7-9-12(8-2)14(5)10-13(3,4)15(6)11-14/h7-9,11H,1-2,10H2,3-6H3/q+1/b12-9+. The number of hydrogen-bond acceptors (Lipinski definition) is 0. The number of allylic oxidation sites excluding steroid dienone is 4. The first-order valence-electron chi connectivity index (χ1n) is 5.40. The van der Waals surface area contributed by atoms with Gasteiger partial charge >= 0.3 is 0 Å². The minimum Gasteiger partial charge on any atom is -0.237 e. The number of nitrogens with zero attached hydrogens (tertiary/aromatic N) is 1. The van der Waals surface area contributed by atoms with Gasteiger partial charge in [0.2, 0.25) is 0 Å². The molecule has 1 aliphatic heterocycles. The van der Waals surface area contributed by atoms with E-state index in [1.807, 2.05) is 12.2 Å². The van der Waals surface area contributed by atoms with E-state index in [1.165, 1.54) is 5.57 Å². The molecule has 0 bridgehead atoms. The zero-order chi connectivity index (χ0) is 11.7. The van der Waals surface area contributed by atoms with Gasteiger partial charge in [-0.2, -0.15) is 0 Å². The second-order valence-electron chi connectivity index (χ2n) is 5.21. The van der Waals surface area contributed by atoms with Crippen LogP contribution in [0.2, 0.25) is 0 Å². The summed E-state index contributed by atoms with van der Waals surface area (Å²) in [5.74, 6) is 0. The van der Waals surface area contributed by atoms with E-state index in [2.05, 4.69) is 57.8 Å². The van der Waals surface area contributed by atoms with E-state index in [9.17, 15) is 0 Å². The number of rotatable bonds is 3. The highest BCUT2D eigenvalue weighted by atomic mass is 15.1. The maximum Gasteiger partial charge on any atom is 0.157 e. The van der Waals surface area contributed by atoms with E-state index < -0.39 is 0 Å². The molecule has 1 heterocycles. The van der Waals surface area contributed by atoms with Gasteiger partial charge in [-0.15, -0.1) is 0 Å². The van der Waals surface area contributed by atoms with Gasteiger partial charge in [-0.05, 0) is 26.3 Å². The third-order valence-electron chi connectivity index (χ3n) is 3.41. The lowest BCUT2D eigenvalue weighted by Crippen LogP contribution is -2.30. The maximum absolute atomic E-state index is 3.89. The Labute approximate surface area is 93.5 Å². The highest BCUT2D eigenvalue weighted by molar-refractivity contribution is 5.69. The van der Waals surface area contributed by atoms with Gasteiger partial charge in [0.05, 0.1) is 5.41 Å². The lowest BCUT2D eigenvalue weighted by molar-refractivity contribution is -0.562. The van der Waals surface area contributed by atoms with E-state index in [1.54, 1.807) is 0 Å². The van der Waals surface area contributed by atoms with Crippen LogP contribution in [0.5, 0.6) is 0 Å². The van der Waals surface area contributed by atoms with Crippen LogP contribution < -0.4 is 0 Å². The van der Waals surface area contributed by atoms with Gasteiger partial charge in [0.25, 0.3) is 0 Å². The molecule has 15 heavy (non-hydrogen) atoms. The molecule has 1 atom stereocenters. The highest BCUT2D eigenvalue weighted by Gasteiger charge is 2.46. The van der Waals surface area contributed by atoms with Crippen LogP contribution in [0.4, 0.5) is 0 Å². The van der Waals surface area contributed by atoms with Crippen molar-refractivity contribution < 1.29 is 4.58 Å². The molecule has 1 aliphatic rings. The minimum absolute atomic E-state index is 0.0915. The SMILES string of the molecule is C=C/C=C(\C=C)C1(C)C=[N+](C)C(C)(C)C1. The lowest BCUT2D eigenvalue weighted by Gasteiger charge is -2.22. The van der Waals surface area contributed by atoms with E-state index in [0.29, 0.717) is 0 Å². The molecule has 0 aromatic heterocycles. The highest BCUT2D eigenvalue weighted by Crippen LogP contribution is 2.40. The molecule has 0 aliphatic carbocycles. The van der Waals surface area contributed by atoms with Crippen LogP contribution in [-0.2, 0) is 0 Å². The first-order valence-corrected chi connectivity index (χ1v) is 5.40. The minimum atomic E-state index is 0.0915. The fraction of sp³-hybridized carbons (Fsp3) is 0.500. The van der Waals surface area contributed by atoms with Gasteiger partial charge in [0.15, 0.2) is 5.54 Å². The van der Waals surface area contributed by atoms with Crippen LogP contribution in [0.3, 0.4) is 0 Å². The molecular weight excluding hydrogens is 182 g/mol. The molecule has 0 amide bonds. The normalized spacial score (nSPS) is 29.9. The Hall–Kier alpha value is -1.11. The smallest absolute Gasteiger partial charge is 0.157 e. The van der Waals surface area contributed by atoms with Crippen molar-refractivity contribution in [3.8, 4) is 0 Å². The fourth-order valence-corrected chi connectivity index (χ4v) is 2.47. The van der Waals surface area contributed by atoms with Crippen LogP contribution in [0.25, 0.3) is 0 Å². The molecule has 0 saturated heterocycles. The van der Waals surface area contributed by atoms with Crippen LogP contribution in [0.15, 0.2) is 37.0 Å². The van der Waals surface area contributed by atoms with Gasteiger partial charge in [-0.3, -0.25) is 0 Å². The van der Waals surface area contributed by atoms with Gasteiger partial charge in [0, 0.05) is 6.42 Å². The van der Waals surface area contributed by atoms with Gasteiger partial charge < -0.3 is 0 Å². The van der Waals surface area contributed by atoms with Gasteiger partial charge in [0.1, 0.15) is 13.3 Å². The Balaban J connectivity index is 3.12. The fourth-order valence-electron chi connectivity index (χ4n) is 2.47. The van der Waals surface area contributed by atoms with Crippen molar-refractivity contribution in [1.82, 2.24) is 0 Å². The largest absolute Gasteiger partial charge is 0.237 e. The monoisotopic (exact) mass is 204 g/mol. The van der Waals surface area contributed by atoms with Crippen LogP contribution >= 0.6 is 0 Å². The maximum atomic E-state index is 3.89. The van der Waals surface area contributed by atoms with Gasteiger partial charge in [-0.25, -0.2) is 4.58 Å². The molecule has 0 saturated carbocycles. The third-order valence-corrected chi connectivity index (χ3v) is 3.41. The molecule has 0 aromatic carbocycles. The van der Waals surface area contributed by atoms with E-state index in [4.69, 9.17) is 0 Å². The van der Waals surface area contributed by atoms with E-state index in [-0.39, 0.29) is 11.0 Å². The molecule has 1 heteroatoms. The van der Waals surface area contributed by atoms with Crippen molar-refractivity contribution in [1.29, 1.82) is 0 Å². The van der Waals surface area contributed by atoms with E-state index in [0.717, 1.165) is 6.42 Å². The summed E-state index contributed by atoms with van der Waals surface area (Å²) in [6.07, 6.45) is 9.24. The molecule has 1 unspecified atom stereocenters. The predicted octanol–water partition coefficient (Wildman–Crippen LogP) is 3.19. The van der Waals surface area contributed by atoms with Crippen molar-refractivity contribution >= 4 is 6.21 Å². The second-order valence-corrected chi connectivity index (χ2v) is 5.21. The van der Waals surface area contributed by atoms with Crippen molar-refractivity contribution in [3.63, 3.8) is 0 Å². The lowest BCUT2D eigenvalue weighted by atomic mass is 9.77. The molecule has 1 nitrogen and oxygen atoms in total. The topological polar surface area (TPSA) is 3.01 Å².